The van der Waals surface area contributed by atoms with Gasteiger partial charge in [0.1, 0.15) is 10.8 Å². The van der Waals surface area contributed by atoms with Crippen LogP contribution in [0.3, 0.4) is 0 Å². The van der Waals surface area contributed by atoms with Crippen LogP contribution in [0, 0.1) is 5.82 Å². The average Bonchev–Trinajstić information content (AvgIpc) is 2.80. The van der Waals surface area contributed by atoms with E-state index >= 15 is 0 Å². The molecule has 0 aliphatic carbocycles. The van der Waals surface area contributed by atoms with Crippen LogP contribution in [0.1, 0.15) is 11.1 Å². The van der Waals surface area contributed by atoms with E-state index in [0.29, 0.717) is 6.54 Å². The maximum atomic E-state index is 14.6. The fraction of sp³-hybridized carbons (Fsp3) is 0.304. The maximum absolute atomic E-state index is 14.6. The van der Waals surface area contributed by atoms with Crippen LogP contribution in [-0.4, -0.2) is 48.1 Å². The van der Waals surface area contributed by atoms with E-state index in [-0.39, 0.29) is 16.8 Å². The summed E-state index contributed by atoms with van der Waals surface area (Å²) in [5.74, 6) is -1.21. The Kier molecular flexibility index (Phi) is 6.90. The summed E-state index contributed by atoms with van der Waals surface area (Å²) in [7, 11) is 2.12. The lowest BCUT2D eigenvalue weighted by Gasteiger charge is -2.34. The van der Waals surface area contributed by atoms with E-state index in [1.807, 2.05) is 17.4 Å². The van der Waals surface area contributed by atoms with E-state index in [2.05, 4.69) is 44.3 Å². The molecular weight excluding hydrogens is 453 g/mol. The Morgan fingerprint density at radius 2 is 1.73 bits per heavy atom. The van der Waals surface area contributed by atoms with Gasteiger partial charge in [-0.1, -0.05) is 35.9 Å². The van der Waals surface area contributed by atoms with Crippen molar-refractivity contribution in [3.05, 3.63) is 76.7 Å². The van der Waals surface area contributed by atoms with Crippen molar-refractivity contribution in [3.63, 3.8) is 0 Å². The Labute approximate surface area is 195 Å². The molecule has 0 bridgehead atoms. The van der Waals surface area contributed by atoms with Gasteiger partial charge in [-0.3, -0.25) is 0 Å². The van der Waals surface area contributed by atoms with Crippen LogP contribution in [0.15, 0.2) is 54.7 Å². The molecule has 10 heteroatoms. The third kappa shape index (κ3) is 5.66. The molecule has 0 atom stereocenters. The number of aromatic nitrogens is 2. The molecule has 2 heterocycles. The number of hydrogen-bond donors (Lipinski definition) is 2. The minimum absolute atomic E-state index is 0.104. The Morgan fingerprint density at radius 1 is 1.03 bits per heavy atom. The van der Waals surface area contributed by atoms with Gasteiger partial charge in [0, 0.05) is 38.4 Å². The maximum Gasteiger partial charge on any atom is 0.354 e. The number of piperazine rings is 1. The van der Waals surface area contributed by atoms with Crippen LogP contribution in [0.5, 0.6) is 0 Å². The number of nitrogens with zero attached hydrogens (tertiary/aromatic N) is 4. The number of alkyl halides is 2. The van der Waals surface area contributed by atoms with Gasteiger partial charge in [-0.15, -0.1) is 0 Å². The molecule has 33 heavy (non-hydrogen) atoms. The Hall–Kier alpha value is -3.04. The van der Waals surface area contributed by atoms with Gasteiger partial charge < -0.3 is 20.4 Å². The average molecular weight is 477 g/mol. The summed E-state index contributed by atoms with van der Waals surface area (Å²) in [4.78, 5) is 12.7. The fourth-order valence-corrected chi connectivity index (χ4v) is 3.68. The third-order valence-electron chi connectivity index (χ3n) is 5.49. The highest BCUT2D eigenvalue weighted by Gasteiger charge is 2.35. The molecule has 3 aromatic rings. The Balaban J connectivity index is 1.40. The largest absolute Gasteiger partial charge is 0.369 e. The molecule has 1 aliphatic heterocycles. The van der Waals surface area contributed by atoms with E-state index in [4.69, 9.17) is 11.6 Å². The number of anilines is 3. The van der Waals surface area contributed by atoms with Gasteiger partial charge in [-0.2, -0.15) is 13.8 Å². The summed E-state index contributed by atoms with van der Waals surface area (Å²) in [6.45, 7) is 4.43. The summed E-state index contributed by atoms with van der Waals surface area (Å²) >= 11 is 6.00. The van der Waals surface area contributed by atoms with E-state index < -0.39 is 17.4 Å². The van der Waals surface area contributed by atoms with Crippen LogP contribution in [-0.2, 0) is 12.6 Å². The van der Waals surface area contributed by atoms with Crippen molar-refractivity contribution in [1.82, 2.24) is 14.9 Å². The number of hydrogen-bond acceptors (Lipinski definition) is 6. The van der Waals surface area contributed by atoms with Crippen LogP contribution in [0.25, 0.3) is 0 Å². The first-order chi connectivity index (χ1) is 15.8. The first kappa shape index (κ1) is 23.1. The van der Waals surface area contributed by atoms with Crippen molar-refractivity contribution in [2.45, 2.75) is 12.6 Å². The minimum atomic E-state index is -3.71. The second-order valence-corrected chi connectivity index (χ2v) is 8.29. The van der Waals surface area contributed by atoms with Gasteiger partial charge in [0.15, 0.2) is 5.82 Å². The van der Waals surface area contributed by atoms with Crippen molar-refractivity contribution in [2.24, 2.45) is 0 Å². The highest BCUT2D eigenvalue weighted by molar-refractivity contribution is 6.32. The molecule has 2 aromatic carbocycles. The summed E-state index contributed by atoms with van der Waals surface area (Å²) in [5, 5.41) is 4.83. The molecule has 0 unspecified atom stereocenters. The van der Waals surface area contributed by atoms with Gasteiger partial charge in [-0.05, 0) is 36.9 Å². The summed E-state index contributed by atoms with van der Waals surface area (Å²) in [6.07, 6.45) is 1.22. The summed E-state index contributed by atoms with van der Waals surface area (Å²) in [6, 6.07) is 9.06. The molecule has 174 valence electrons. The second-order valence-electron chi connectivity index (χ2n) is 7.88. The smallest absolute Gasteiger partial charge is 0.354 e. The lowest BCUT2D eigenvalue weighted by Crippen LogP contribution is -2.44. The number of rotatable bonds is 7. The van der Waals surface area contributed by atoms with E-state index in [0.717, 1.165) is 49.6 Å². The van der Waals surface area contributed by atoms with E-state index in [9.17, 15) is 13.2 Å². The molecule has 0 radical (unpaired) electrons. The SMILES string of the molecule is CN1CCN(c2ccc(CNc3ncc(Cl)c(NC(F)(F)c4ccccc4F)n3)cc2)CC1. The van der Waals surface area contributed by atoms with Crippen LogP contribution >= 0.6 is 11.6 Å². The van der Waals surface area contributed by atoms with Crippen molar-refractivity contribution < 1.29 is 13.2 Å². The quantitative estimate of drug-likeness (QED) is 0.478. The number of nitrogens with one attached hydrogen (secondary N) is 2. The molecule has 0 saturated carbocycles. The lowest BCUT2D eigenvalue weighted by atomic mass is 10.2. The number of benzene rings is 2. The highest BCUT2D eigenvalue weighted by Crippen LogP contribution is 2.33. The van der Waals surface area contributed by atoms with Gasteiger partial charge in [-0.25, -0.2) is 9.37 Å². The van der Waals surface area contributed by atoms with Crippen molar-refractivity contribution in [1.29, 1.82) is 0 Å². The van der Waals surface area contributed by atoms with Gasteiger partial charge in [0.05, 0.1) is 11.8 Å². The summed E-state index contributed by atoms with van der Waals surface area (Å²) < 4.78 is 43.0. The standard InChI is InChI=1S/C23H24ClF3N6/c1-32-10-12-33(13-11-32)17-8-6-16(7-9-17)14-28-22-29-15-19(24)21(30-22)31-23(26,27)18-4-2-3-5-20(18)25/h2-9,15H,10-14H2,1H3,(H2,28,29,30,31). The number of likely N-dealkylation sites (N-methyl/N-ethyl adjacent to an activating group) is 1. The zero-order valence-corrected chi connectivity index (χ0v) is 18.8. The molecule has 0 spiro atoms. The number of halogens is 4. The highest BCUT2D eigenvalue weighted by atomic mass is 35.5. The normalized spacial score (nSPS) is 14.9. The van der Waals surface area contributed by atoms with Gasteiger partial charge in [0.2, 0.25) is 5.95 Å². The van der Waals surface area contributed by atoms with Crippen molar-refractivity contribution >= 4 is 29.1 Å². The van der Waals surface area contributed by atoms with Crippen LogP contribution < -0.4 is 15.5 Å². The van der Waals surface area contributed by atoms with Gasteiger partial charge in [0.25, 0.3) is 0 Å². The Morgan fingerprint density at radius 3 is 2.42 bits per heavy atom. The monoisotopic (exact) mass is 476 g/mol. The molecule has 1 aliphatic rings. The zero-order chi connectivity index (χ0) is 23.4. The fourth-order valence-electron chi connectivity index (χ4n) is 3.54. The minimum Gasteiger partial charge on any atom is -0.369 e. The van der Waals surface area contributed by atoms with Crippen molar-refractivity contribution in [3.8, 4) is 0 Å². The Bertz CT molecular complexity index is 1090. The van der Waals surface area contributed by atoms with Gasteiger partial charge >= 0.3 is 6.05 Å². The summed E-state index contributed by atoms with van der Waals surface area (Å²) in [5.41, 5.74) is 1.35. The lowest BCUT2D eigenvalue weighted by molar-refractivity contribution is 0.0242. The predicted octanol–water partition coefficient (Wildman–Crippen LogP) is 4.79. The molecule has 2 N–H and O–H groups in total. The second kappa shape index (κ2) is 9.84. The van der Waals surface area contributed by atoms with E-state index in [1.165, 1.54) is 18.3 Å². The molecular formula is C23H24ClF3N6. The van der Waals surface area contributed by atoms with Crippen molar-refractivity contribution in [2.75, 3.05) is 48.8 Å². The first-order valence-corrected chi connectivity index (χ1v) is 10.9. The molecule has 1 aromatic heterocycles. The zero-order valence-electron chi connectivity index (χ0n) is 18.0. The molecule has 0 amide bonds. The molecule has 1 saturated heterocycles. The first-order valence-electron chi connectivity index (χ1n) is 10.5. The van der Waals surface area contributed by atoms with Crippen LogP contribution in [0.2, 0.25) is 5.02 Å². The molecule has 1 fully saturated rings. The predicted molar refractivity (Wildman–Crippen MR) is 124 cm³/mol. The van der Waals surface area contributed by atoms with E-state index in [1.54, 1.807) is 0 Å². The molecule has 6 nitrogen and oxygen atoms in total. The third-order valence-corrected chi connectivity index (χ3v) is 5.76. The topological polar surface area (TPSA) is 56.3 Å². The van der Waals surface area contributed by atoms with Crippen LogP contribution in [0.4, 0.5) is 30.6 Å². The molecule has 4 rings (SSSR count).